The van der Waals surface area contributed by atoms with Gasteiger partial charge in [0.25, 0.3) is 11.8 Å². The van der Waals surface area contributed by atoms with E-state index < -0.39 is 44.6 Å². The number of Topliss-reactive ketones (excluding diaryl/α,β-unsaturated/α-hetero) is 1. The molecule has 1 aliphatic carbocycles. The topological polar surface area (TPSA) is 234 Å². The number of piperidine rings is 2. The molecular formula is C62H72F3N13O8S. The molecule has 0 saturated carbocycles. The molecule has 2 aromatic heterocycles. The third-order valence-electron chi connectivity index (χ3n) is 17.1. The lowest BCUT2D eigenvalue weighted by molar-refractivity contribution is -0.141. The number of aromatic nitrogens is 4. The normalized spacial score (nSPS) is 18.0. The van der Waals surface area contributed by atoms with Gasteiger partial charge in [0.15, 0.2) is 17.3 Å². The number of nitrogens with zero attached hydrogens (tertiary/aromatic N) is 10. The van der Waals surface area contributed by atoms with Crippen molar-refractivity contribution < 1.29 is 50.2 Å². The summed E-state index contributed by atoms with van der Waals surface area (Å²) >= 11 is 0. The summed E-state index contributed by atoms with van der Waals surface area (Å²) in [5, 5.41) is 10.3. The number of amides is 3. The van der Waals surface area contributed by atoms with Crippen molar-refractivity contribution in [2.24, 2.45) is 23.0 Å². The number of anilines is 8. The Morgan fingerprint density at radius 2 is 1.51 bits per heavy atom. The van der Waals surface area contributed by atoms with E-state index in [9.17, 15) is 40.8 Å². The van der Waals surface area contributed by atoms with Gasteiger partial charge in [0.1, 0.15) is 23.8 Å². The summed E-state index contributed by atoms with van der Waals surface area (Å²) in [6.45, 7) is 14.9. The number of nitrogens with one attached hydrogen (secondary N) is 2. The van der Waals surface area contributed by atoms with Gasteiger partial charge in [-0.05, 0) is 117 Å². The third-order valence-corrected chi connectivity index (χ3v) is 18.1. The van der Waals surface area contributed by atoms with E-state index in [2.05, 4.69) is 45.3 Å². The molecule has 87 heavy (non-hydrogen) atoms. The lowest BCUT2D eigenvalue weighted by Crippen LogP contribution is -2.50. The van der Waals surface area contributed by atoms with Crippen LogP contribution in [0.3, 0.4) is 0 Å². The Balaban J connectivity index is 0.613. The van der Waals surface area contributed by atoms with E-state index in [1.165, 1.54) is 29.3 Å². The van der Waals surface area contributed by atoms with E-state index in [1.54, 1.807) is 55.6 Å². The Morgan fingerprint density at radius 3 is 2.20 bits per heavy atom. The number of carbonyl (C=O) groups excluding carboxylic acids is 4. The molecule has 0 spiro atoms. The van der Waals surface area contributed by atoms with Gasteiger partial charge in [-0.2, -0.15) is 23.3 Å². The lowest BCUT2D eigenvalue weighted by atomic mass is 9.75. The summed E-state index contributed by atoms with van der Waals surface area (Å²) in [6, 6.07) is 23.9. The number of primary amides is 1. The molecule has 4 aliphatic heterocycles. The number of alkyl halides is 3. The van der Waals surface area contributed by atoms with Gasteiger partial charge in [-0.1, -0.05) is 26.0 Å². The fourth-order valence-electron chi connectivity index (χ4n) is 12.6. The summed E-state index contributed by atoms with van der Waals surface area (Å²) in [6.07, 6.45) is 1.26. The number of ketones is 1. The Kier molecular flexibility index (Phi) is 17.0. The van der Waals surface area contributed by atoms with Crippen LogP contribution in [0.25, 0.3) is 5.69 Å². The summed E-state index contributed by atoms with van der Waals surface area (Å²) in [5.41, 5.74) is 7.07. The number of halogens is 3. The van der Waals surface area contributed by atoms with Crippen molar-refractivity contribution in [3.63, 3.8) is 0 Å². The van der Waals surface area contributed by atoms with Crippen molar-refractivity contribution in [3.05, 3.63) is 119 Å². The number of fused-ring (bicyclic) bond motifs is 3. The van der Waals surface area contributed by atoms with Crippen LogP contribution in [-0.4, -0.2) is 158 Å². The Bertz CT molecular complexity index is 3710. The standard InChI is InChI=1S/C62H72F3N13O8S/c1-6-85-53-34-42(14-18-47(53)69-60-67-37-51-57(70-60)78(87(5,83)84)49-10-8-7-9-46(49)59(82)72(51)4)75-25-21-40(22-26-75)58(81)76-23-19-39(20-24-76)38-74-29-27-73(28-30-74)31-32-86-44-15-11-41(12-16-44)68-48-33-43(13-17-45(48)56(66)80)77-50-35-61(2,3)36-52(79)54(50)55(71-77)62(63,64)65/h7-18,33-34,37,39-40,68H,6,19-32,35-36,38H2,1-5H3,(H2,66,80)(H,67,69,70). The molecule has 21 nitrogen and oxygen atoms in total. The zero-order valence-corrected chi connectivity index (χ0v) is 50.2. The van der Waals surface area contributed by atoms with Crippen molar-refractivity contribution >= 4 is 79.4 Å². The molecule has 4 N–H and O–H groups in total. The average molecular weight is 1220 g/mol. The number of rotatable bonds is 17. The zero-order valence-electron chi connectivity index (χ0n) is 49.4. The van der Waals surface area contributed by atoms with E-state index in [1.807, 2.05) is 39.0 Å². The van der Waals surface area contributed by atoms with Crippen molar-refractivity contribution in [1.29, 1.82) is 0 Å². The van der Waals surface area contributed by atoms with Crippen molar-refractivity contribution in [3.8, 4) is 17.2 Å². The molecule has 0 bridgehead atoms. The van der Waals surface area contributed by atoms with Crippen LogP contribution in [0.1, 0.15) is 95.3 Å². The van der Waals surface area contributed by atoms with Crippen LogP contribution in [0, 0.1) is 17.3 Å². The molecule has 5 aliphatic rings. The second-order valence-electron chi connectivity index (χ2n) is 23.8. The largest absolute Gasteiger partial charge is 0.492 e. The van der Waals surface area contributed by atoms with Crippen LogP contribution >= 0.6 is 0 Å². The number of ether oxygens (including phenoxy) is 2. The predicted octanol–water partition coefficient (Wildman–Crippen LogP) is 8.66. The number of nitrogens with two attached hydrogens (primary N) is 1. The number of benzene rings is 4. The van der Waals surface area contributed by atoms with E-state index in [0.29, 0.717) is 55.1 Å². The fraction of sp³-hybridized carbons (Fsp3) is 0.435. The highest BCUT2D eigenvalue weighted by Gasteiger charge is 2.46. The summed E-state index contributed by atoms with van der Waals surface area (Å²) in [7, 11) is -2.38. The van der Waals surface area contributed by atoms with Crippen LogP contribution < -0.4 is 39.9 Å². The minimum absolute atomic E-state index is 0.0294. The Labute approximate surface area is 503 Å². The molecule has 6 aromatic rings. The number of piperazine rings is 1. The first-order chi connectivity index (χ1) is 41.5. The van der Waals surface area contributed by atoms with Gasteiger partial charge < -0.3 is 45.4 Å². The maximum Gasteiger partial charge on any atom is 0.435 e. The van der Waals surface area contributed by atoms with Gasteiger partial charge in [0, 0.05) is 102 Å². The first kappa shape index (κ1) is 60.4. The summed E-state index contributed by atoms with van der Waals surface area (Å²) in [4.78, 5) is 72.6. The maximum absolute atomic E-state index is 14.2. The lowest BCUT2D eigenvalue weighted by Gasteiger charge is -2.40. The number of carbonyl (C=O) groups is 4. The fourth-order valence-corrected chi connectivity index (χ4v) is 13.5. The van der Waals surface area contributed by atoms with Crippen molar-refractivity contribution in [1.82, 2.24) is 34.4 Å². The molecule has 460 valence electrons. The van der Waals surface area contributed by atoms with Crippen LogP contribution in [0.2, 0.25) is 0 Å². The zero-order chi connectivity index (χ0) is 61.5. The summed E-state index contributed by atoms with van der Waals surface area (Å²) in [5.74, 6) is 0.342. The summed E-state index contributed by atoms with van der Waals surface area (Å²) < 4.78 is 83.5. The Morgan fingerprint density at radius 1 is 0.805 bits per heavy atom. The van der Waals surface area contributed by atoms with Gasteiger partial charge >= 0.3 is 6.18 Å². The van der Waals surface area contributed by atoms with E-state index in [0.717, 1.165) is 99.0 Å². The molecule has 0 radical (unpaired) electrons. The van der Waals surface area contributed by atoms with Crippen LogP contribution in [-0.2, 0) is 27.4 Å². The average Bonchev–Trinajstić information content (AvgIpc) is 1.75. The highest BCUT2D eigenvalue weighted by atomic mass is 32.2. The van der Waals surface area contributed by atoms with Gasteiger partial charge in [-0.3, -0.25) is 24.1 Å². The quantitative estimate of drug-likeness (QED) is 0.0775. The van der Waals surface area contributed by atoms with Crippen molar-refractivity contribution in [2.75, 3.05) is 117 Å². The SMILES string of the molecule is CCOc1cc(N2CCC(C(=O)N3CCC(CN4CCN(CCOc5ccc(Nc6cc(-n7nc(C(F)(F)F)c8c7CC(C)(C)CC8=O)ccc6C(N)=O)cc5)CC4)CC3)CC2)ccc1Nc1ncc2c(n1)N(S(C)(=O)=O)c1ccccc1C(=O)N2C. The molecule has 3 saturated heterocycles. The molecule has 0 unspecified atom stereocenters. The second-order valence-corrected chi connectivity index (χ2v) is 25.7. The Hall–Kier alpha value is -8.29. The molecule has 4 aromatic carbocycles. The predicted molar refractivity (Wildman–Crippen MR) is 325 cm³/mol. The van der Waals surface area contributed by atoms with E-state index in [-0.39, 0.29) is 81.9 Å². The minimum Gasteiger partial charge on any atom is -0.492 e. The number of likely N-dealkylation sites (tertiary alicyclic amines) is 1. The first-order valence-corrected chi connectivity index (χ1v) is 31.3. The molecule has 0 atom stereocenters. The third kappa shape index (κ3) is 13.1. The monoisotopic (exact) mass is 1220 g/mol. The molecule has 11 rings (SSSR count). The van der Waals surface area contributed by atoms with Gasteiger partial charge in [0.2, 0.25) is 21.9 Å². The number of hydrogen-bond donors (Lipinski definition) is 3. The molecular weight excluding hydrogens is 1140 g/mol. The highest BCUT2D eigenvalue weighted by Crippen LogP contribution is 2.44. The number of hydrogen-bond acceptors (Lipinski definition) is 16. The molecule has 3 amide bonds. The van der Waals surface area contributed by atoms with Gasteiger partial charge in [-0.25, -0.2) is 22.4 Å². The van der Waals surface area contributed by atoms with Crippen LogP contribution in [0.15, 0.2) is 91.1 Å². The van der Waals surface area contributed by atoms with Gasteiger partial charge in [-0.15, -0.1) is 0 Å². The van der Waals surface area contributed by atoms with Crippen LogP contribution in [0.5, 0.6) is 11.5 Å². The first-order valence-electron chi connectivity index (χ1n) is 29.4. The highest BCUT2D eigenvalue weighted by molar-refractivity contribution is 7.92. The molecule has 25 heteroatoms. The van der Waals surface area contributed by atoms with Crippen LogP contribution in [0.4, 0.5) is 59.1 Å². The van der Waals surface area contributed by atoms with E-state index in [4.69, 9.17) is 15.2 Å². The maximum atomic E-state index is 14.2. The molecule has 3 fully saturated rings. The smallest absolute Gasteiger partial charge is 0.435 e. The van der Waals surface area contributed by atoms with E-state index >= 15 is 0 Å². The minimum atomic E-state index is -4.84. The van der Waals surface area contributed by atoms with Gasteiger partial charge in [0.05, 0.1) is 64.2 Å². The number of para-hydroxylation sites is 1. The molecule has 6 heterocycles. The second kappa shape index (κ2) is 24.5. The van der Waals surface area contributed by atoms with Crippen molar-refractivity contribution in [2.45, 2.75) is 65.5 Å². The number of sulfonamides is 1.